The maximum atomic E-state index is 12.8. The van der Waals surface area contributed by atoms with Gasteiger partial charge in [0, 0.05) is 12.1 Å². The smallest absolute Gasteiger partial charge is 0.278 e. The maximum absolute atomic E-state index is 12.8. The number of nitro benzene ring substituents is 1. The molecule has 0 bridgehead atoms. The van der Waals surface area contributed by atoms with Gasteiger partial charge in [-0.1, -0.05) is 41.2 Å². The van der Waals surface area contributed by atoms with Crippen molar-refractivity contribution in [3.05, 3.63) is 87.2 Å². The van der Waals surface area contributed by atoms with Crippen molar-refractivity contribution in [2.24, 2.45) is 0 Å². The first-order chi connectivity index (χ1) is 16.1. The van der Waals surface area contributed by atoms with Gasteiger partial charge in [0.1, 0.15) is 11.3 Å². The molecule has 0 spiro atoms. The lowest BCUT2D eigenvalue weighted by atomic mass is 10.2. The molecule has 0 radical (unpaired) electrons. The number of thioether (sulfide) groups is 1. The summed E-state index contributed by atoms with van der Waals surface area (Å²) in [4.78, 5) is 28.2. The summed E-state index contributed by atoms with van der Waals surface area (Å²) in [6.07, 6.45) is 0. The first-order valence-corrected chi connectivity index (χ1v) is 10.8. The van der Waals surface area contributed by atoms with E-state index in [4.69, 9.17) is 4.74 Å². The summed E-state index contributed by atoms with van der Waals surface area (Å²) >= 11 is 1.26. The third-order valence-corrected chi connectivity index (χ3v) is 6.00. The number of benzene rings is 3. The Morgan fingerprint density at radius 2 is 1.85 bits per heavy atom. The molecule has 0 N–H and O–H groups in total. The van der Waals surface area contributed by atoms with Crippen molar-refractivity contribution < 1.29 is 9.66 Å². The lowest BCUT2D eigenvalue weighted by Crippen LogP contribution is -2.23. The number of hydrogen-bond donors (Lipinski definition) is 0. The standard InChI is InChI=1S/C22H16N6O4S/c1-32-20-9-5-4-8-19(20)27-18-11-10-14(28(30)31)12-17(18)23-22(27)33-13-26-21(29)15-6-2-3-7-16(15)24-25-26/h2-12H,13H2,1H3. The van der Waals surface area contributed by atoms with E-state index < -0.39 is 4.92 Å². The molecule has 5 aromatic rings. The van der Waals surface area contributed by atoms with Crippen molar-refractivity contribution in [3.63, 3.8) is 0 Å². The molecule has 0 aliphatic rings. The van der Waals surface area contributed by atoms with Gasteiger partial charge < -0.3 is 4.74 Å². The van der Waals surface area contributed by atoms with Crippen molar-refractivity contribution in [1.82, 2.24) is 24.5 Å². The van der Waals surface area contributed by atoms with Crippen LogP contribution in [0.5, 0.6) is 5.75 Å². The van der Waals surface area contributed by atoms with E-state index in [1.54, 1.807) is 37.4 Å². The first-order valence-electron chi connectivity index (χ1n) is 9.82. The quantitative estimate of drug-likeness (QED) is 0.213. The fourth-order valence-electron chi connectivity index (χ4n) is 3.53. The molecule has 3 aromatic carbocycles. The zero-order valence-electron chi connectivity index (χ0n) is 17.3. The Hall–Kier alpha value is -4.25. The van der Waals surface area contributed by atoms with Gasteiger partial charge >= 0.3 is 0 Å². The highest BCUT2D eigenvalue weighted by atomic mass is 32.2. The summed E-state index contributed by atoms with van der Waals surface area (Å²) in [5, 5.41) is 20.4. The molecule has 2 heterocycles. The van der Waals surface area contributed by atoms with Crippen LogP contribution < -0.4 is 10.3 Å². The van der Waals surface area contributed by atoms with E-state index in [1.165, 1.54) is 28.6 Å². The summed E-state index contributed by atoms with van der Waals surface area (Å²) < 4.78 is 8.64. The highest BCUT2D eigenvalue weighted by Crippen LogP contribution is 2.34. The number of rotatable bonds is 6. The van der Waals surface area contributed by atoms with Crippen LogP contribution in [0.15, 0.2) is 76.7 Å². The van der Waals surface area contributed by atoms with Gasteiger partial charge in [0.25, 0.3) is 11.2 Å². The number of para-hydroxylation sites is 2. The highest BCUT2D eigenvalue weighted by molar-refractivity contribution is 7.98. The van der Waals surface area contributed by atoms with Gasteiger partial charge in [-0.25, -0.2) is 4.98 Å². The van der Waals surface area contributed by atoms with Crippen LogP contribution in [-0.2, 0) is 5.88 Å². The Labute approximate surface area is 190 Å². The zero-order valence-corrected chi connectivity index (χ0v) is 18.1. The molecule has 5 rings (SSSR count). The second-order valence-electron chi connectivity index (χ2n) is 7.02. The summed E-state index contributed by atoms with van der Waals surface area (Å²) in [6, 6.07) is 18.9. The monoisotopic (exact) mass is 460 g/mol. The van der Waals surface area contributed by atoms with E-state index >= 15 is 0 Å². The third kappa shape index (κ3) is 3.68. The SMILES string of the molecule is COc1ccccc1-n1c(SCn2nnc3ccccc3c2=O)nc2cc([N+](=O)[O-])ccc21. The fourth-order valence-corrected chi connectivity index (χ4v) is 4.43. The number of hydrogen-bond acceptors (Lipinski definition) is 8. The van der Waals surface area contributed by atoms with Crippen molar-refractivity contribution in [2.75, 3.05) is 7.11 Å². The van der Waals surface area contributed by atoms with Gasteiger partial charge in [0.05, 0.1) is 40.0 Å². The Morgan fingerprint density at radius 1 is 1.06 bits per heavy atom. The van der Waals surface area contributed by atoms with E-state index in [9.17, 15) is 14.9 Å². The van der Waals surface area contributed by atoms with Gasteiger partial charge in [0.15, 0.2) is 5.16 Å². The average Bonchev–Trinajstić information content (AvgIpc) is 3.21. The number of imidazole rings is 1. The number of methoxy groups -OCH3 is 1. The van der Waals surface area contributed by atoms with Crippen LogP contribution in [0.2, 0.25) is 0 Å². The number of ether oxygens (including phenoxy) is 1. The molecule has 0 fully saturated rings. The molecule has 11 heteroatoms. The second kappa shape index (κ2) is 8.36. The average molecular weight is 460 g/mol. The molecular formula is C22H16N6O4S. The van der Waals surface area contributed by atoms with E-state index in [-0.39, 0.29) is 17.1 Å². The molecular weight excluding hydrogens is 444 g/mol. The molecule has 0 aliphatic heterocycles. The predicted octanol–water partition coefficient (Wildman–Crippen LogP) is 3.80. The van der Waals surface area contributed by atoms with Crippen LogP contribution in [0.3, 0.4) is 0 Å². The molecule has 164 valence electrons. The van der Waals surface area contributed by atoms with Crippen LogP contribution in [0.1, 0.15) is 0 Å². The van der Waals surface area contributed by atoms with Crippen LogP contribution in [-0.4, -0.2) is 36.6 Å². The molecule has 0 unspecified atom stereocenters. The zero-order chi connectivity index (χ0) is 22.9. The number of nitrogens with zero attached hydrogens (tertiary/aromatic N) is 6. The lowest BCUT2D eigenvalue weighted by molar-refractivity contribution is -0.384. The topological polar surface area (TPSA) is 118 Å². The fraction of sp³-hybridized carbons (Fsp3) is 0.0909. The summed E-state index contributed by atoms with van der Waals surface area (Å²) in [5.74, 6) is 0.761. The Kier molecular flexibility index (Phi) is 5.23. The summed E-state index contributed by atoms with van der Waals surface area (Å²) in [7, 11) is 1.57. The molecule has 10 nitrogen and oxygen atoms in total. The normalized spacial score (nSPS) is 11.2. The van der Waals surface area contributed by atoms with E-state index in [2.05, 4.69) is 15.3 Å². The van der Waals surface area contributed by atoms with Gasteiger partial charge in [0.2, 0.25) is 0 Å². The maximum Gasteiger partial charge on any atom is 0.278 e. The van der Waals surface area contributed by atoms with Crippen LogP contribution >= 0.6 is 11.8 Å². The van der Waals surface area contributed by atoms with E-state index in [0.29, 0.717) is 32.8 Å². The van der Waals surface area contributed by atoms with E-state index in [1.807, 2.05) is 28.8 Å². The van der Waals surface area contributed by atoms with Gasteiger partial charge in [-0.2, -0.15) is 4.68 Å². The number of aromatic nitrogens is 5. The van der Waals surface area contributed by atoms with Crippen molar-refractivity contribution in [3.8, 4) is 11.4 Å². The predicted molar refractivity (Wildman–Crippen MR) is 124 cm³/mol. The number of nitro groups is 1. The molecule has 0 atom stereocenters. The molecule has 2 aromatic heterocycles. The van der Waals surface area contributed by atoms with Gasteiger partial charge in [-0.05, 0) is 30.3 Å². The Morgan fingerprint density at radius 3 is 2.67 bits per heavy atom. The number of non-ortho nitro benzene ring substituents is 1. The van der Waals surface area contributed by atoms with Crippen LogP contribution in [0.25, 0.3) is 27.6 Å². The largest absolute Gasteiger partial charge is 0.495 e. The lowest BCUT2D eigenvalue weighted by Gasteiger charge is -2.13. The highest BCUT2D eigenvalue weighted by Gasteiger charge is 2.19. The van der Waals surface area contributed by atoms with E-state index in [0.717, 1.165) is 5.69 Å². The molecule has 0 saturated heterocycles. The van der Waals surface area contributed by atoms with Crippen LogP contribution in [0, 0.1) is 10.1 Å². The summed E-state index contributed by atoms with van der Waals surface area (Å²) in [6.45, 7) is 0. The van der Waals surface area contributed by atoms with Crippen molar-refractivity contribution in [2.45, 2.75) is 11.0 Å². The molecule has 33 heavy (non-hydrogen) atoms. The molecule has 0 aliphatic carbocycles. The van der Waals surface area contributed by atoms with Crippen LogP contribution in [0.4, 0.5) is 5.69 Å². The minimum absolute atomic E-state index is 0.0552. The first kappa shape index (κ1) is 20.6. The van der Waals surface area contributed by atoms with Gasteiger partial charge in [-0.15, -0.1) is 5.10 Å². The Balaban J connectivity index is 1.62. The summed E-state index contributed by atoms with van der Waals surface area (Å²) in [5.41, 5.74) is 2.05. The molecule has 0 saturated carbocycles. The minimum atomic E-state index is -0.460. The Bertz CT molecular complexity index is 1580. The number of fused-ring (bicyclic) bond motifs is 2. The van der Waals surface area contributed by atoms with Crippen molar-refractivity contribution >= 4 is 39.4 Å². The van der Waals surface area contributed by atoms with Crippen molar-refractivity contribution in [1.29, 1.82) is 0 Å². The molecule has 0 amide bonds. The minimum Gasteiger partial charge on any atom is -0.495 e. The second-order valence-corrected chi connectivity index (χ2v) is 7.93. The van der Waals surface area contributed by atoms with Gasteiger partial charge in [-0.3, -0.25) is 19.5 Å². The third-order valence-electron chi connectivity index (χ3n) is 5.09.